The van der Waals surface area contributed by atoms with E-state index in [1.165, 1.54) is 12.1 Å². The van der Waals surface area contributed by atoms with Crippen molar-refractivity contribution in [2.45, 2.75) is 13.3 Å². The van der Waals surface area contributed by atoms with E-state index in [0.29, 0.717) is 11.4 Å². The number of para-hydroxylation sites is 1. The van der Waals surface area contributed by atoms with Gasteiger partial charge in [-0.15, -0.1) is 0 Å². The topological polar surface area (TPSA) is 90.8 Å². The first kappa shape index (κ1) is 17.9. The van der Waals surface area contributed by atoms with Gasteiger partial charge in [-0.2, -0.15) is 5.10 Å². The molecular weight excluding hydrogens is 421 g/mol. The Morgan fingerprint density at radius 2 is 1.92 bits per heavy atom. The maximum Gasteiger partial charge on any atom is 0.275 e. The first-order chi connectivity index (χ1) is 11.5. The molecule has 0 saturated heterocycles. The van der Waals surface area contributed by atoms with Crippen LogP contribution in [0.25, 0.3) is 0 Å². The third-order valence-corrected chi connectivity index (χ3v) is 3.69. The number of rotatable bonds is 5. The van der Waals surface area contributed by atoms with Crippen LogP contribution in [0.3, 0.4) is 0 Å². The summed E-state index contributed by atoms with van der Waals surface area (Å²) in [6, 6.07) is 13.6. The van der Waals surface area contributed by atoms with E-state index in [9.17, 15) is 14.7 Å². The molecular formula is C17H16IN3O3. The van der Waals surface area contributed by atoms with Crippen molar-refractivity contribution in [2.75, 3.05) is 5.32 Å². The Bertz CT molecular complexity index is 790. The van der Waals surface area contributed by atoms with Gasteiger partial charge in [-0.1, -0.05) is 18.2 Å². The summed E-state index contributed by atoms with van der Waals surface area (Å²) in [5.41, 5.74) is 3.60. The van der Waals surface area contributed by atoms with Crippen LogP contribution < -0.4 is 10.7 Å². The Morgan fingerprint density at radius 1 is 1.17 bits per heavy atom. The second kappa shape index (κ2) is 8.44. The van der Waals surface area contributed by atoms with Crippen molar-refractivity contribution in [1.82, 2.24) is 5.43 Å². The van der Waals surface area contributed by atoms with E-state index >= 15 is 0 Å². The number of nitrogens with one attached hydrogen (secondary N) is 2. The van der Waals surface area contributed by atoms with Gasteiger partial charge >= 0.3 is 0 Å². The van der Waals surface area contributed by atoms with Crippen LogP contribution in [-0.2, 0) is 4.79 Å². The highest BCUT2D eigenvalue weighted by molar-refractivity contribution is 14.1. The summed E-state index contributed by atoms with van der Waals surface area (Å²) in [5.74, 6) is -0.889. The van der Waals surface area contributed by atoms with Gasteiger partial charge in [0.25, 0.3) is 5.91 Å². The summed E-state index contributed by atoms with van der Waals surface area (Å²) in [6.07, 6.45) is 0.0481. The molecule has 6 nitrogen and oxygen atoms in total. The Kier molecular flexibility index (Phi) is 6.30. The van der Waals surface area contributed by atoms with Crippen LogP contribution in [0.15, 0.2) is 53.6 Å². The van der Waals surface area contributed by atoms with Crippen LogP contribution >= 0.6 is 22.6 Å². The quantitative estimate of drug-likeness (QED) is 0.382. The van der Waals surface area contributed by atoms with Crippen LogP contribution in [0.5, 0.6) is 5.75 Å². The largest absolute Gasteiger partial charge is 0.507 e. The van der Waals surface area contributed by atoms with E-state index in [4.69, 9.17) is 0 Å². The molecule has 2 aromatic carbocycles. The van der Waals surface area contributed by atoms with Gasteiger partial charge in [0.15, 0.2) is 0 Å². The number of hydrogen-bond acceptors (Lipinski definition) is 4. The van der Waals surface area contributed by atoms with E-state index in [1.54, 1.807) is 25.1 Å². The number of aromatic hydroxyl groups is 1. The molecule has 3 N–H and O–H groups in total. The summed E-state index contributed by atoms with van der Waals surface area (Å²) in [6.45, 7) is 1.64. The molecule has 2 rings (SSSR count). The van der Waals surface area contributed by atoms with Crippen molar-refractivity contribution in [1.29, 1.82) is 0 Å². The standard InChI is InChI=1S/C17H16IN3O3/c1-11(9-16(23)19-13-6-4-5-12(18)10-13)20-21-17(24)14-7-2-3-8-15(14)22/h2-8,10,22H,9H2,1H3,(H,19,23)(H,21,24). The van der Waals surface area contributed by atoms with Gasteiger partial charge in [0.2, 0.25) is 5.91 Å². The van der Waals surface area contributed by atoms with Crippen LogP contribution in [0.2, 0.25) is 0 Å². The molecule has 0 radical (unpaired) electrons. The number of anilines is 1. The lowest BCUT2D eigenvalue weighted by atomic mass is 10.2. The maximum atomic E-state index is 12.0. The van der Waals surface area contributed by atoms with E-state index in [2.05, 4.69) is 38.4 Å². The summed E-state index contributed by atoms with van der Waals surface area (Å²) in [5, 5.41) is 16.3. The number of carbonyl (C=O) groups is 2. The van der Waals surface area contributed by atoms with Crippen LogP contribution in [0.4, 0.5) is 5.69 Å². The molecule has 24 heavy (non-hydrogen) atoms. The highest BCUT2D eigenvalue weighted by Crippen LogP contribution is 2.15. The lowest BCUT2D eigenvalue weighted by Crippen LogP contribution is -2.21. The molecule has 2 aromatic rings. The maximum absolute atomic E-state index is 12.0. The average molecular weight is 437 g/mol. The third kappa shape index (κ3) is 5.34. The van der Waals surface area contributed by atoms with Crippen molar-refractivity contribution in [3.05, 3.63) is 57.7 Å². The second-order valence-electron chi connectivity index (χ2n) is 5.04. The van der Waals surface area contributed by atoms with Crippen molar-refractivity contribution < 1.29 is 14.7 Å². The smallest absolute Gasteiger partial charge is 0.275 e. The minimum absolute atomic E-state index is 0.0481. The molecule has 7 heteroatoms. The molecule has 0 atom stereocenters. The van der Waals surface area contributed by atoms with Crippen LogP contribution in [-0.4, -0.2) is 22.6 Å². The number of phenolic OH excluding ortho intramolecular Hbond substituents is 1. The molecule has 0 unspecified atom stereocenters. The number of phenols is 1. The Balaban J connectivity index is 1.90. The fraction of sp³-hybridized carbons (Fsp3) is 0.118. The molecule has 0 aliphatic carbocycles. The van der Waals surface area contributed by atoms with Crippen LogP contribution in [0.1, 0.15) is 23.7 Å². The molecule has 0 aliphatic rings. The fourth-order valence-electron chi connectivity index (χ4n) is 1.92. The van der Waals surface area contributed by atoms with Gasteiger partial charge in [0, 0.05) is 15.0 Å². The number of benzene rings is 2. The lowest BCUT2D eigenvalue weighted by molar-refractivity contribution is -0.115. The minimum atomic E-state index is -0.537. The van der Waals surface area contributed by atoms with E-state index < -0.39 is 5.91 Å². The van der Waals surface area contributed by atoms with Crippen molar-refractivity contribution in [2.24, 2.45) is 5.10 Å². The number of hydrazone groups is 1. The molecule has 0 saturated carbocycles. The average Bonchev–Trinajstić information content (AvgIpc) is 2.53. The summed E-state index contributed by atoms with van der Waals surface area (Å²) >= 11 is 2.16. The number of carbonyl (C=O) groups excluding carboxylic acids is 2. The monoisotopic (exact) mass is 437 g/mol. The van der Waals surface area contributed by atoms with Gasteiger partial charge in [0.1, 0.15) is 5.75 Å². The summed E-state index contributed by atoms with van der Waals surface area (Å²) < 4.78 is 1.02. The molecule has 0 heterocycles. The number of amides is 2. The Morgan fingerprint density at radius 3 is 2.62 bits per heavy atom. The summed E-state index contributed by atoms with van der Waals surface area (Å²) in [7, 11) is 0. The zero-order valence-electron chi connectivity index (χ0n) is 12.9. The minimum Gasteiger partial charge on any atom is -0.507 e. The van der Waals surface area contributed by atoms with Crippen molar-refractivity contribution >= 4 is 45.8 Å². The first-order valence-corrected chi connectivity index (χ1v) is 8.20. The van der Waals surface area contributed by atoms with Gasteiger partial charge in [-0.3, -0.25) is 9.59 Å². The molecule has 0 spiro atoms. The zero-order chi connectivity index (χ0) is 17.5. The molecule has 0 bridgehead atoms. The molecule has 124 valence electrons. The highest BCUT2D eigenvalue weighted by atomic mass is 127. The molecule has 0 aliphatic heterocycles. The Hall–Kier alpha value is -2.42. The third-order valence-electron chi connectivity index (χ3n) is 3.02. The van der Waals surface area contributed by atoms with Gasteiger partial charge in [-0.05, 0) is 59.8 Å². The molecule has 0 fully saturated rings. The number of halogens is 1. The fourth-order valence-corrected chi connectivity index (χ4v) is 2.46. The van der Waals surface area contributed by atoms with E-state index in [1.807, 2.05) is 18.2 Å². The van der Waals surface area contributed by atoms with Gasteiger partial charge in [-0.25, -0.2) is 5.43 Å². The predicted octanol–water partition coefficient (Wildman–Crippen LogP) is 3.13. The predicted molar refractivity (Wildman–Crippen MR) is 101 cm³/mol. The molecule has 0 aromatic heterocycles. The number of hydrogen-bond donors (Lipinski definition) is 3. The second-order valence-corrected chi connectivity index (χ2v) is 6.29. The van der Waals surface area contributed by atoms with Gasteiger partial charge in [0.05, 0.1) is 12.0 Å². The van der Waals surface area contributed by atoms with Gasteiger partial charge < -0.3 is 10.4 Å². The SMILES string of the molecule is CC(CC(=O)Nc1cccc(I)c1)=NNC(=O)c1ccccc1O. The van der Waals surface area contributed by atoms with Crippen LogP contribution in [0, 0.1) is 3.57 Å². The van der Waals surface area contributed by atoms with E-state index in [0.717, 1.165) is 3.57 Å². The highest BCUT2D eigenvalue weighted by Gasteiger charge is 2.10. The first-order valence-electron chi connectivity index (χ1n) is 7.12. The van der Waals surface area contributed by atoms with Crippen molar-refractivity contribution in [3.63, 3.8) is 0 Å². The number of nitrogens with zero attached hydrogens (tertiary/aromatic N) is 1. The summed E-state index contributed by atoms with van der Waals surface area (Å²) in [4.78, 5) is 23.9. The zero-order valence-corrected chi connectivity index (χ0v) is 15.1. The Labute approximate surface area is 153 Å². The molecule has 2 amide bonds. The van der Waals surface area contributed by atoms with Crippen molar-refractivity contribution in [3.8, 4) is 5.75 Å². The van der Waals surface area contributed by atoms with E-state index in [-0.39, 0.29) is 23.6 Å². The lowest BCUT2D eigenvalue weighted by Gasteiger charge is -2.06. The normalized spacial score (nSPS) is 11.0.